The van der Waals surface area contributed by atoms with Crippen molar-refractivity contribution in [2.24, 2.45) is 0 Å². The van der Waals surface area contributed by atoms with Gasteiger partial charge in [-0.05, 0) is 11.2 Å². The Kier molecular flexibility index (Phi) is 1.59. The van der Waals surface area contributed by atoms with Crippen molar-refractivity contribution in [3.63, 3.8) is 0 Å². The molecule has 2 rings (SSSR count). The van der Waals surface area contributed by atoms with E-state index >= 15 is 0 Å². The molecule has 0 saturated carbocycles. The predicted molar refractivity (Wildman–Crippen MR) is 46.4 cm³/mol. The third kappa shape index (κ3) is 1.41. The largest absolute Gasteiger partial charge is 0.397 e. The van der Waals surface area contributed by atoms with Gasteiger partial charge in [0.25, 0.3) is 11.8 Å². The van der Waals surface area contributed by atoms with Gasteiger partial charge in [0, 0.05) is 12.4 Å². The van der Waals surface area contributed by atoms with E-state index in [1.165, 1.54) is 6.20 Å². The average Bonchev–Trinajstić information content (AvgIpc) is 2.52. The minimum atomic E-state index is 0.0948. The summed E-state index contributed by atoms with van der Waals surface area (Å²) in [6.07, 6.45) is 3.10. The lowest BCUT2D eigenvalue weighted by molar-refractivity contribution is 0.433. The lowest BCUT2D eigenvalue weighted by atomic mass is 10.3. The lowest BCUT2D eigenvalue weighted by Gasteiger charge is -1.93. The summed E-state index contributed by atoms with van der Waals surface area (Å²) < 4.78 is 4.82. The molecule has 66 valence electrons. The zero-order valence-electron chi connectivity index (χ0n) is 6.64. The van der Waals surface area contributed by atoms with Crippen LogP contribution in [0.3, 0.4) is 0 Å². The van der Waals surface area contributed by atoms with Crippen molar-refractivity contribution in [3.05, 3.63) is 18.5 Å². The van der Waals surface area contributed by atoms with Crippen molar-refractivity contribution in [2.75, 3.05) is 11.5 Å². The zero-order valence-corrected chi connectivity index (χ0v) is 6.64. The van der Waals surface area contributed by atoms with Gasteiger partial charge in [-0.2, -0.15) is 4.98 Å². The summed E-state index contributed by atoms with van der Waals surface area (Å²) in [6.45, 7) is 0. The summed E-state index contributed by atoms with van der Waals surface area (Å²) in [5, 5.41) is 3.45. The van der Waals surface area contributed by atoms with Crippen molar-refractivity contribution in [3.8, 4) is 11.5 Å². The van der Waals surface area contributed by atoms with Gasteiger partial charge in [-0.15, -0.1) is 0 Å². The van der Waals surface area contributed by atoms with Gasteiger partial charge in [0.15, 0.2) is 0 Å². The Labute approximate surface area is 73.6 Å². The highest BCUT2D eigenvalue weighted by Gasteiger charge is 2.06. The maximum atomic E-state index is 5.52. The molecule has 4 N–H and O–H groups in total. The maximum absolute atomic E-state index is 5.52. The molecule has 0 aliphatic rings. The fraction of sp³-hybridized carbons (Fsp3) is 0. The van der Waals surface area contributed by atoms with E-state index in [4.69, 9.17) is 16.0 Å². The summed E-state index contributed by atoms with van der Waals surface area (Å²) in [7, 11) is 0. The van der Waals surface area contributed by atoms with Gasteiger partial charge in [0.05, 0.1) is 11.3 Å². The molecule has 0 unspecified atom stereocenters. The van der Waals surface area contributed by atoms with Crippen LogP contribution >= 0.6 is 0 Å². The summed E-state index contributed by atoms with van der Waals surface area (Å²) in [5.74, 6) is 0.412. The number of hydrogen-bond donors (Lipinski definition) is 2. The minimum Gasteiger partial charge on any atom is -0.397 e. The molecule has 0 aromatic carbocycles. The smallest absolute Gasteiger partial charge is 0.261 e. The van der Waals surface area contributed by atoms with Crippen molar-refractivity contribution < 1.29 is 4.52 Å². The molecule has 2 aromatic rings. The van der Waals surface area contributed by atoms with Gasteiger partial charge in [-0.25, -0.2) is 0 Å². The van der Waals surface area contributed by atoms with E-state index in [9.17, 15) is 0 Å². The molecule has 0 bridgehead atoms. The van der Waals surface area contributed by atoms with Crippen LogP contribution in [0.5, 0.6) is 0 Å². The molecule has 6 heteroatoms. The van der Waals surface area contributed by atoms with Crippen LogP contribution in [0.2, 0.25) is 0 Å². The molecule has 0 atom stereocenters. The quantitative estimate of drug-likeness (QED) is 0.649. The van der Waals surface area contributed by atoms with Gasteiger partial charge in [0.2, 0.25) is 0 Å². The molecule has 0 saturated heterocycles. The van der Waals surface area contributed by atoms with Crippen LogP contribution in [-0.2, 0) is 0 Å². The molecule has 0 amide bonds. The highest BCUT2D eigenvalue weighted by Crippen LogP contribution is 2.18. The van der Waals surface area contributed by atoms with E-state index in [-0.39, 0.29) is 5.95 Å². The van der Waals surface area contributed by atoms with Crippen LogP contribution in [0, 0.1) is 0 Å². The molecular weight excluding hydrogens is 170 g/mol. The Morgan fingerprint density at radius 1 is 1.23 bits per heavy atom. The number of pyridine rings is 1. The van der Waals surface area contributed by atoms with Crippen molar-refractivity contribution in [2.45, 2.75) is 0 Å². The SMILES string of the molecule is Nc1cncc(-c2nc(N)no2)c1. The number of nitrogens with two attached hydrogens (primary N) is 2. The lowest BCUT2D eigenvalue weighted by Crippen LogP contribution is -1.88. The van der Waals surface area contributed by atoms with Crippen LogP contribution < -0.4 is 11.5 Å². The second-order valence-electron chi connectivity index (χ2n) is 2.46. The maximum Gasteiger partial charge on any atom is 0.261 e. The van der Waals surface area contributed by atoms with E-state index in [0.717, 1.165) is 0 Å². The van der Waals surface area contributed by atoms with Gasteiger partial charge in [0.1, 0.15) is 0 Å². The summed E-state index contributed by atoms with van der Waals surface area (Å²) in [6, 6.07) is 1.68. The van der Waals surface area contributed by atoms with Gasteiger partial charge >= 0.3 is 0 Å². The summed E-state index contributed by atoms with van der Waals surface area (Å²) in [4.78, 5) is 7.70. The van der Waals surface area contributed by atoms with E-state index in [2.05, 4.69) is 15.1 Å². The molecule has 0 aliphatic carbocycles. The molecule has 0 spiro atoms. The zero-order chi connectivity index (χ0) is 9.26. The minimum absolute atomic E-state index is 0.0948. The number of anilines is 2. The van der Waals surface area contributed by atoms with E-state index in [1.807, 2.05) is 0 Å². The Balaban J connectivity index is 2.46. The van der Waals surface area contributed by atoms with Crippen LogP contribution in [0.4, 0.5) is 11.6 Å². The van der Waals surface area contributed by atoms with Gasteiger partial charge < -0.3 is 16.0 Å². The van der Waals surface area contributed by atoms with Crippen molar-refractivity contribution >= 4 is 11.6 Å². The Morgan fingerprint density at radius 2 is 2.08 bits per heavy atom. The van der Waals surface area contributed by atoms with Crippen molar-refractivity contribution in [1.82, 2.24) is 15.1 Å². The molecule has 0 radical (unpaired) electrons. The summed E-state index contributed by atoms with van der Waals surface area (Å²) >= 11 is 0. The Hall–Kier alpha value is -2.11. The van der Waals surface area contributed by atoms with Crippen molar-refractivity contribution in [1.29, 1.82) is 0 Å². The Morgan fingerprint density at radius 3 is 2.69 bits per heavy atom. The third-order valence-electron chi connectivity index (χ3n) is 1.45. The number of nitrogens with zero attached hydrogens (tertiary/aromatic N) is 3. The highest BCUT2D eigenvalue weighted by atomic mass is 16.5. The summed E-state index contributed by atoms with van der Waals surface area (Å²) in [5.41, 5.74) is 12.0. The molecule has 13 heavy (non-hydrogen) atoms. The number of aromatic nitrogens is 3. The normalized spacial score (nSPS) is 10.2. The number of rotatable bonds is 1. The first-order valence-corrected chi connectivity index (χ1v) is 3.56. The first-order valence-electron chi connectivity index (χ1n) is 3.56. The molecular formula is C7H7N5O. The fourth-order valence-corrected chi connectivity index (χ4v) is 0.927. The van der Waals surface area contributed by atoms with Crippen LogP contribution in [0.1, 0.15) is 0 Å². The molecule has 0 aliphatic heterocycles. The topological polar surface area (TPSA) is 104 Å². The second-order valence-corrected chi connectivity index (χ2v) is 2.46. The van der Waals surface area contributed by atoms with Crippen LogP contribution in [0.25, 0.3) is 11.5 Å². The number of nitrogen functional groups attached to an aromatic ring is 2. The standard InChI is InChI=1S/C7H7N5O/c8-5-1-4(2-10-3-5)6-11-7(9)12-13-6/h1-3H,8H2,(H2,9,12). The predicted octanol–water partition coefficient (Wildman–Crippen LogP) is 0.296. The highest BCUT2D eigenvalue weighted by molar-refractivity contribution is 5.57. The van der Waals surface area contributed by atoms with Gasteiger partial charge in [-0.3, -0.25) is 4.98 Å². The van der Waals surface area contributed by atoms with Gasteiger partial charge in [-0.1, -0.05) is 0 Å². The molecule has 0 fully saturated rings. The first kappa shape index (κ1) is 7.53. The van der Waals surface area contributed by atoms with E-state index in [1.54, 1.807) is 12.3 Å². The average molecular weight is 177 g/mol. The third-order valence-corrected chi connectivity index (χ3v) is 1.45. The second kappa shape index (κ2) is 2.74. The fourth-order valence-electron chi connectivity index (χ4n) is 0.927. The molecule has 6 nitrogen and oxygen atoms in total. The van der Waals surface area contributed by atoms with Crippen LogP contribution in [0.15, 0.2) is 23.0 Å². The Bertz CT molecular complexity index is 424. The first-order chi connectivity index (χ1) is 6.25. The monoisotopic (exact) mass is 177 g/mol. The van der Waals surface area contributed by atoms with Crippen LogP contribution in [-0.4, -0.2) is 15.1 Å². The number of hydrogen-bond acceptors (Lipinski definition) is 6. The van der Waals surface area contributed by atoms with E-state index < -0.39 is 0 Å². The molecule has 2 heterocycles. The van der Waals surface area contributed by atoms with E-state index in [0.29, 0.717) is 17.1 Å². The molecule has 2 aromatic heterocycles.